The first-order chi connectivity index (χ1) is 21.7. The minimum atomic E-state index is -2.70. The molecule has 0 aliphatic heterocycles. The Balaban J connectivity index is 1.28. The third-order valence-corrected chi connectivity index (χ3v) is 19.6. The molecule has 0 fully saturated rings. The van der Waals surface area contributed by atoms with Crippen LogP contribution in [0.15, 0.2) is 91.0 Å². The van der Waals surface area contributed by atoms with Gasteiger partial charge in [-0.1, -0.05) is 77.6 Å². The van der Waals surface area contributed by atoms with Gasteiger partial charge in [0, 0.05) is 0 Å². The van der Waals surface area contributed by atoms with Crippen LogP contribution in [0.2, 0.25) is 0 Å². The molecule has 0 unspecified atom stereocenters. The number of hydrogen-bond donors (Lipinski definition) is 0. The first kappa shape index (κ1) is 37.2. The molecule has 0 amide bonds. The molecule has 3 aromatic rings. The molecule has 0 atom stereocenters. The summed E-state index contributed by atoms with van der Waals surface area (Å²) in [7, 11) is 0. The molecule has 0 N–H and O–H groups in total. The van der Waals surface area contributed by atoms with Gasteiger partial charge in [-0.2, -0.15) is 0 Å². The normalized spacial score (nSPS) is 12.7. The van der Waals surface area contributed by atoms with Crippen LogP contribution in [0.25, 0.3) is 0 Å². The fourth-order valence-corrected chi connectivity index (χ4v) is 14.6. The van der Waals surface area contributed by atoms with Crippen LogP contribution in [0, 0.1) is 0 Å². The van der Waals surface area contributed by atoms with E-state index in [1.807, 2.05) is 0 Å². The molecule has 0 saturated carbocycles. The molecule has 0 radical (unpaired) electrons. The van der Waals surface area contributed by atoms with E-state index in [9.17, 15) is 0 Å². The summed E-state index contributed by atoms with van der Waals surface area (Å²) in [6.07, 6.45) is 32.6. The molecule has 0 spiro atoms. The Kier molecular flexibility index (Phi) is 18.9. The van der Waals surface area contributed by atoms with Crippen LogP contribution in [0.5, 0.6) is 0 Å². The van der Waals surface area contributed by atoms with Crippen molar-refractivity contribution in [1.82, 2.24) is 0 Å². The molecule has 0 aliphatic carbocycles. The van der Waals surface area contributed by atoms with Crippen LogP contribution in [0.3, 0.4) is 0 Å². The van der Waals surface area contributed by atoms with Crippen molar-refractivity contribution in [3.05, 3.63) is 91.0 Å². The Morgan fingerprint density at radius 2 is 0.568 bits per heavy atom. The topological polar surface area (TPSA) is 0 Å². The quantitative estimate of drug-likeness (QED) is 0.0443. The van der Waals surface area contributed by atoms with E-state index in [2.05, 4.69) is 117 Å². The molecule has 247 valence electrons. The van der Waals surface area contributed by atoms with E-state index in [0.29, 0.717) is 0 Å². The summed E-state index contributed by atoms with van der Waals surface area (Å²) in [6.45, 7) is 2.30. The van der Waals surface area contributed by atoms with Crippen LogP contribution >= 0.6 is 4.79 Å². The first-order valence-electron chi connectivity index (χ1n) is 18.6. The predicted octanol–water partition coefficient (Wildman–Crippen LogP) is 12.6. The second-order valence-corrected chi connectivity index (χ2v) is 22.1. The molecular weight excluding hydrogens is 642 g/mol. The van der Waals surface area contributed by atoms with Crippen molar-refractivity contribution in [2.45, 2.75) is 148 Å². The number of hydrogen-bond acceptors (Lipinski definition) is 0. The number of rotatable bonds is 26. The van der Waals surface area contributed by atoms with Gasteiger partial charge in [0.1, 0.15) is 0 Å². The van der Waals surface area contributed by atoms with Gasteiger partial charge in [0.15, 0.2) is 0 Å². The van der Waals surface area contributed by atoms with Gasteiger partial charge in [0.2, 0.25) is 0 Å². The van der Waals surface area contributed by atoms with E-state index in [1.165, 1.54) is 163 Å². The van der Waals surface area contributed by atoms with Crippen LogP contribution in [0.1, 0.15) is 148 Å². The molecule has 0 aromatic heterocycles. The molecule has 0 saturated heterocycles. The van der Waals surface area contributed by atoms with E-state index in [1.54, 1.807) is 0 Å². The monoisotopic (exact) mass is 705 g/mol. The SMILES string of the molecule is CCCCCCCCCCCCCCCCCCCCCCCC[P]([Pd])(c1ccccc1)(c1ccccc1)c1ccccc1. The van der Waals surface area contributed by atoms with E-state index in [0.717, 1.165) is 0 Å². The summed E-state index contributed by atoms with van der Waals surface area (Å²) >= 11 is 4.21. The predicted molar refractivity (Wildman–Crippen MR) is 197 cm³/mol. The summed E-state index contributed by atoms with van der Waals surface area (Å²) in [6, 6.07) is 33.9. The molecule has 2 heteroatoms. The third-order valence-electron chi connectivity index (χ3n) is 9.75. The second kappa shape index (κ2) is 22.3. The zero-order valence-corrected chi connectivity index (χ0v) is 30.6. The fraction of sp³-hybridized carbons (Fsp3) is 0.571. The van der Waals surface area contributed by atoms with Crippen LogP contribution in [-0.4, -0.2) is 6.16 Å². The van der Waals surface area contributed by atoms with E-state index in [-0.39, 0.29) is 0 Å². The van der Waals surface area contributed by atoms with Crippen LogP contribution < -0.4 is 15.9 Å². The summed E-state index contributed by atoms with van der Waals surface area (Å²) in [4.78, 5) is -2.70. The van der Waals surface area contributed by atoms with Crippen molar-refractivity contribution in [1.29, 1.82) is 0 Å². The van der Waals surface area contributed by atoms with Gasteiger partial charge >= 0.3 is 207 Å². The maximum absolute atomic E-state index is 4.21. The van der Waals surface area contributed by atoms with Gasteiger partial charge in [-0.25, -0.2) is 0 Å². The first-order valence-corrected chi connectivity index (χ1v) is 22.9. The minimum absolute atomic E-state index is 1.19. The van der Waals surface area contributed by atoms with Crippen molar-refractivity contribution >= 4 is 20.7 Å². The van der Waals surface area contributed by atoms with Crippen molar-refractivity contribution in [2.75, 3.05) is 6.16 Å². The Hall–Kier alpha value is -1.25. The summed E-state index contributed by atoms with van der Waals surface area (Å²) in [5, 5.41) is 4.38. The van der Waals surface area contributed by atoms with E-state index in [4.69, 9.17) is 0 Å². The van der Waals surface area contributed by atoms with Crippen molar-refractivity contribution in [3.8, 4) is 0 Å². The van der Waals surface area contributed by atoms with E-state index < -0.39 is 4.79 Å². The average molecular weight is 706 g/mol. The molecule has 0 heterocycles. The fourth-order valence-electron chi connectivity index (χ4n) is 7.03. The summed E-state index contributed by atoms with van der Waals surface area (Å²) < 4.78 is 0. The van der Waals surface area contributed by atoms with Gasteiger partial charge in [0.05, 0.1) is 0 Å². The van der Waals surface area contributed by atoms with Gasteiger partial charge in [-0.15, -0.1) is 0 Å². The van der Waals surface area contributed by atoms with Crippen molar-refractivity contribution in [3.63, 3.8) is 0 Å². The Morgan fingerprint density at radius 3 is 0.818 bits per heavy atom. The zero-order chi connectivity index (χ0) is 31.0. The Labute approximate surface area is 283 Å². The molecule has 0 bridgehead atoms. The summed E-state index contributed by atoms with van der Waals surface area (Å²) in [5.74, 6) is 0. The maximum atomic E-state index is 4.21. The van der Waals surface area contributed by atoms with E-state index >= 15 is 0 Å². The Bertz CT molecular complexity index is 981. The zero-order valence-electron chi connectivity index (χ0n) is 28.2. The van der Waals surface area contributed by atoms with Crippen molar-refractivity contribution in [2.24, 2.45) is 0 Å². The average Bonchev–Trinajstić information content (AvgIpc) is 3.08. The molecular formula is C42H64PPd. The van der Waals surface area contributed by atoms with Crippen molar-refractivity contribution < 1.29 is 18.7 Å². The van der Waals surface area contributed by atoms with Crippen LogP contribution in [0.4, 0.5) is 0 Å². The van der Waals surface area contributed by atoms with Gasteiger partial charge in [0.25, 0.3) is 0 Å². The number of benzene rings is 3. The van der Waals surface area contributed by atoms with Gasteiger partial charge < -0.3 is 0 Å². The van der Waals surface area contributed by atoms with Crippen LogP contribution in [-0.2, 0) is 18.7 Å². The molecule has 3 rings (SSSR count). The molecule has 3 aromatic carbocycles. The summed E-state index contributed by atoms with van der Waals surface area (Å²) in [5.41, 5.74) is 0. The second-order valence-electron chi connectivity index (χ2n) is 13.3. The number of unbranched alkanes of at least 4 members (excludes halogenated alkanes) is 21. The van der Waals surface area contributed by atoms with Gasteiger partial charge in [-0.05, 0) is 0 Å². The standard InChI is InChI=1S/C42H64P.Pd/c1-2-3-4-5-6-7-8-9-10-11-12-13-14-15-16-17-18-19-20-21-22-32-39-43(40-33-26-23-27-34-40,41-35-28-24-29-36-41)42-37-30-25-31-38-42;/h23-31,33-38H,2-22,32,39H2,1H3;/q+1;-1. The van der Waals surface area contributed by atoms with Gasteiger partial charge in [-0.3, -0.25) is 0 Å². The third kappa shape index (κ3) is 12.2. The molecule has 44 heavy (non-hydrogen) atoms. The molecule has 0 nitrogen and oxygen atoms in total. The molecule has 0 aliphatic rings. The Morgan fingerprint density at radius 1 is 0.341 bits per heavy atom.